The van der Waals surface area contributed by atoms with Crippen molar-refractivity contribution in [3.63, 3.8) is 0 Å². The molecule has 0 atom stereocenters. The highest BCUT2D eigenvalue weighted by Crippen LogP contribution is 2.29. The third-order valence-corrected chi connectivity index (χ3v) is 5.67. The minimum atomic E-state index is 0.415. The van der Waals surface area contributed by atoms with E-state index in [4.69, 9.17) is 20.2 Å². The van der Waals surface area contributed by atoms with E-state index in [1.165, 1.54) is 0 Å². The predicted octanol–water partition coefficient (Wildman–Crippen LogP) is 1.96. The standard InChI is InChI=1S/C22H27N7O2/c1-15-3-2-4-17(9-15)21(23)27-26-19-10-18(28-5-7-30-8-6-28)20-22(25-19)29(14-24-20)11-16-12-31-13-16/h2-4,9-10,14,16H,5-8,11-13H2,1H3,(H2,23,27)(H,25,26). The van der Waals surface area contributed by atoms with Crippen molar-refractivity contribution >= 4 is 28.5 Å². The number of hydrogen-bond donors (Lipinski definition) is 2. The lowest BCUT2D eigenvalue weighted by atomic mass is 10.1. The van der Waals surface area contributed by atoms with E-state index in [9.17, 15) is 0 Å². The van der Waals surface area contributed by atoms with E-state index < -0.39 is 0 Å². The Morgan fingerprint density at radius 2 is 2.06 bits per heavy atom. The zero-order valence-corrected chi connectivity index (χ0v) is 17.6. The molecule has 162 valence electrons. The van der Waals surface area contributed by atoms with Crippen LogP contribution in [-0.2, 0) is 16.0 Å². The summed E-state index contributed by atoms with van der Waals surface area (Å²) in [5, 5.41) is 4.39. The van der Waals surface area contributed by atoms with Crippen molar-refractivity contribution in [3.05, 3.63) is 47.8 Å². The molecule has 0 aliphatic carbocycles. The maximum atomic E-state index is 6.21. The summed E-state index contributed by atoms with van der Waals surface area (Å²) in [4.78, 5) is 11.8. The van der Waals surface area contributed by atoms with Gasteiger partial charge in [0.15, 0.2) is 17.3 Å². The molecular weight excluding hydrogens is 394 g/mol. The fourth-order valence-electron chi connectivity index (χ4n) is 3.91. The lowest BCUT2D eigenvalue weighted by molar-refractivity contribution is -0.0390. The van der Waals surface area contributed by atoms with Gasteiger partial charge in [-0.25, -0.2) is 9.97 Å². The average Bonchev–Trinajstić information content (AvgIpc) is 3.17. The van der Waals surface area contributed by atoms with Gasteiger partial charge in [-0.1, -0.05) is 23.8 Å². The topological polar surface area (TPSA) is 103 Å². The third-order valence-electron chi connectivity index (χ3n) is 5.67. The third kappa shape index (κ3) is 4.19. The number of aryl methyl sites for hydroxylation is 1. The van der Waals surface area contributed by atoms with Gasteiger partial charge >= 0.3 is 0 Å². The number of hydrazone groups is 1. The Hall–Kier alpha value is -3.17. The van der Waals surface area contributed by atoms with Crippen LogP contribution in [0.4, 0.5) is 11.5 Å². The normalized spacial score (nSPS) is 17.7. The highest BCUT2D eigenvalue weighted by molar-refractivity contribution is 5.98. The van der Waals surface area contributed by atoms with Crippen LogP contribution in [0.25, 0.3) is 11.2 Å². The number of nitrogens with one attached hydrogen (secondary N) is 1. The molecule has 2 aliphatic heterocycles. The number of amidine groups is 1. The van der Waals surface area contributed by atoms with Crippen LogP contribution in [0.3, 0.4) is 0 Å². The molecule has 4 heterocycles. The highest BCUT2D eigenvalue weighted by atomic mass is 16.5. The Balaban J connectivity index is 1.48. The van der Waals surface area contributed by atoms with Crippen molar-refractivity contribution in [2.24, 2.45) is 16.8 Å². The molecule has 2 aromatic heterocycles. The Morgan fingerprint density at radius 3 is 2.81 bits per heavy atom. The number of pyridine rings is 1. The van der Waals surface area contributed by atoms with Crippen molar-refractivity contribution in [1.82, 2.24) is 14.5 Å². The lowest BCUT2D eigenvalue weighted by Gasteiger charge is -2.29. The number of fused-ring (bicyclic) bond motifs is 1. The Kier molecular flexibility index (Phi) is 5.44. The van der Waals surface area contributed by atoms with Crippen LogP contribution in [-0.4, -0.2) is 59.9 Å². The van der Waals surface area contributed by atoms with E-state index in [-0.39, 0.29) is 0 Å². The summed E-state index contributed by atoms with van der Waals surface area (Å²) in [6.07, 6.45) is 1.87. The molecule has 2 saturated heterocycles. The molecule has 3 N–H and O–H groups in total. The van der Waals surface area contributed by atoms with Crippen LogP contribution in [0, 0.1) is 12.8 Å². The molecule has 5 rings (SSSR count). The number of rotatable bonds is 6. The maximum absolute atomic E-state index is 6.21. The molecule has 9 nitrogen and oxygen atoms in total. The van der Waals surface area contributed by atoms with Crippen molar-refractivity contribution in [1.29, 1.82) is 0 Å². The van der Waals surface area contributed by atoms with Crippen LogP contribution in [0.15, 0.2) is 41.8 Å². The smallest absolute Gasteiger partial charge is 0.164 e. The van der Waals surface area contributed by atoms with Crippen molar-refractivity contribution in [2.75, 3.05) is 49.8 Å². The monoisotopic (exact) mass is 421 g/mol. The van der Waals surface area contributed by atoms with E-state index >= 15 is 0 Å². The van der Waals surface area contributed by atoms with Crippen LogP contribution in [0.5, 0.6) is 0 Å². The van der Waals surface area contributed by atoms with Gasteiger partial charge in [0.2, 0.25) is 0 Å². The number of morpholine rings is 1. The van der Waals surface area contributed by atoms with Gasteiger partial charge in [-0.2, -0.15) is 5.10 Å². The first-order valence-electron chi connectivity index (χ1n) is 10.6. The number of hydrogen-bond acceptors (Lipinski definition) is 7. The molecule has 0 saturated carbocycles. The first kappa shape index (κ1) is 19.8. The van der Waals surface area contributed by atoms with Gasteiger partial charge in [0.25, 0.3) is 0 Å². The van der Waals surface area contributed by atoms with Crippen molar-refractivity contribution in [3.8, 4) is 0 Å². The lowest BCUT2D eigenvalue weighted by Crippen LogP contribution is -2.36. The molecule has 3 aromatic rings. The van der Waals surface area contributed by atoms with Crippen LogP contribution < -0.4 is 16.1 Å². The molecule has 1 aromatic carbocycles. The quantitative estimate of drug-likeness (QED) is 0.356. The first-order valence-corrected chi connectivity index (χ1v) is 10.6. The minimum absolute atomic E-state index is 0.415. The first-order chi connectivity index (χ1) is 15.2. The van der Waals surface area contributed by atoms with Gasteiger partial charge in [-0.05, 0) is 13.0 Å². The second-order valence-corrected chi connectivity index (χ2v) is 8.08. The number of aromatic nitrogens is 3. The summed E-state index contributed by atoms with van der Waals surface area (Å²) < 4.78 is 13.0. The summed E-state index contributed by atoms with van der Waals surface area (Å²) in [7, 11) is 0. The van der Waals surface area contributed by atoms with E-state index in [1.54, 1.807) is 0 Å². The maximum Gasteiger partial charge on any atom is 0.164 e. The zero-order valence-electron chi connectivity index (χ0n) is 17.6. The van der Waals surface area contributed by atoms with Gasteiger partial charge in [0.1, 0.15) is 5.52 Å². The van der Waals surface area contributed by atoms with Crippen LogP contribution >= 0.6 is 0 Å². The molecule has 31 heavy (non-hydrogen) atoms. The molecular formula is C22H27N7O2. The number of ether oxygens (including phenoxy) is 2. The van der Waals surface area contributed by atoms with Gasteiger partial charge in [0, 0.05) is 37.2 Å². The van der Waals surface area contributed by atoms with Gasteiger partial charge < -0.3 is 24.7 Å². The SMILES string of the molecule is Cc1cccc(/C(N)=N/Nc2cc(N3CCOCC3)c3ncn(CC4COC4)c3n2)c1. The number of benzene rings is 1. The molecule has 0 bridgehead atoms. The van der Waals surface area contributed by atoms with Crippen molar-refractivity contribution < 1.29 is 9.47 Å². The zero-order chi connectivity index (χ0) is 21.2. The largest absolute Gasteiger partial charge is 0.382 e. The second kappa shape index (κ2) is 8.52. The number of nitrogens with zero attached hydrogens (tertiary/aromatic N) is 5. The highest BCUT2D eigenvalue weighted by Gasteiger charge is 2.23. The number of nitrogens with two attached hydrogens (primary N) is 1. The van der Waals surface area contributed by atoms with Gasteiger partial charge in [0.05, 0.1) is 38.4 Å². The molecule has 0 amide bonds. The molecule has 0 unspecified atom stereocenters. The molecule has 2 fully saturated rings. The van der Waals surface area contributed by atoms with Crippen LogP contribution in [0.2, 0.25) is 0 Å². The van der Waals surface area contributed by atoms with E-state index in [0.717, 1.165) is 60.8 Å². The summed E-state index contributed by atoms with van der Waals surface area (Å²) in [6, 6.07) is 9.94. The Bertz CT molecular complexity index is 1100. The van der Waals surface area contributed by atoms with Crippen LogP contribution in [0.1, 0.15) is 11.1 Å². The number of imidazole rings is 1. The molecule has 9 heteroatoms. The molecule has 0 radical (unpaired) electrons. The van der Waals surface area contributed by atoms with Crippen molar-refractivity contribution in [2.45, 2.75) is 13.5 Å². The number of anilines is 2. The summed E-state index contributed by atoms with van der Waals surface area (Å²) >= 11 is 0. The average molecular weight is 422 g/mol. The molecule has 0 spiro atoms. The van der Waals surface area contributed by atoms with E-state index in [0.29, 0.717) is 30.8 Å². The fraction of sp³-hybridized carbons (Fsp3) is 0.409. The summed E-state index contributed by atoms with van der Waals surface area (Å²) in [5.41, 5.74) is 14.0. The fourth-order valence-corrected chi connectivity index (χ4v) is 3.91. The Morgan fingerprint density at radius 1 is 1.23 bits per heavy atom. The van der Waals surface area contributed by atoms with Gasteiger partial charge in [-0.3, -0.25) is 5.43 Å². The summed E-state index contributed by atoms with van der Waals surface area (Å²) in [5.74, 6) is 1.55. The second-order valence-electron chi connectivity index (χ2n) is 8.08. The molecule has 2 aliphatic rings. The Labute approximate surface area is 180 Å². The van der Waals surface area contributed by atoms with E-state index in [2.05, 4.69) is 25.0 Å². The van der Waals surface area contributed by atoms with E-state index in [1.807, 2.05) is 43.6 Å². The van der Waals surface area contributed by atoms with Gasteiger partial charge in [-0.15, -0.1) is 0 Å². The minimum Gasteiger partial charge on any atom is -0.382 e. The predicted molar refractivity (Wildman–Crippen MR) is 120 cm³/mol. The summed E-state index contributed by atoms with van der Waals surface area (Å²) in [6.45, 7) is 7.47.